The fourth-order valence-electron chi connectivity index (χ4n) is 0.675. The van der Waals surface area contributed by atoms with Gasteiger partial charge in [-0.05, 0) is 26.7 Å². The lowest BCUT2D eigenvalue weighted by Gasteiger charge is -2.02. The van der Waals surface area contributed by atoms with E-state index >= 15 is 0 Å². The molecule has 3 heteroatoms. The summed E-state index contributed by atoms with van der Waals surface area (Å²) in [5, 5.41) is 8.40. The van der Waals surface area contributed by atoms with Crippen LogP contribution in [0, 0.1) is 0 Å². The molecule has 0 aromatic carbocycles. The lowest BCUT2D eigenvalue weighted by atomic mass is 10.1. The standard InChI is InChI=1S/C8H15NO2/c1-6(2)4-3-5-7(9)8(10)11/h4,7H,3,5,9H2,1-2H3,(H,10,11). The first-order valence-electron chi connectivity index (χ1n) is 3.65. The molecule has 0 spiro atoms. The molecule has 3 N–H and O–H groups in total. The highest BCUT2D eigenvalue weighted by Gasteiger charge is 2.08. The van der Waals surface area contributed by atoms with Crippen molar-refractivity contribution in [3.8, 4) is 0 Å². The molecule has 0 radical (unpaired) electrons. The number of nitrogens with two attached hydrogens (primary N) is 1. The van der Waals surface area contributed by atoms with Crippen molar-refractivity contribution in [1.82, 2.24) is 0 Å². The van der Waals surface area contributed by atoms with Crippen LogP contribution in [0.2, 0.25) is 0 Å². The molecule has 64 valence electrons. The second-order valence-electron chi connectivity index (χ2n) is 2.80. The van der Waals surface area contributed by atoms with Gasteiger partial charge in [-0.3, -0.25) is 4.79 Å². The third kappa shape index (κ3) is 5.61. The molecule has 0 heterocycles. The summed E-state index contributed by atoms with van der Waals surface area (Å²) in [5.74, 6) is -0.924. The van der Waals surface area contributed by atoms with Gasteiger partial charge in [0.25, 0.3) is 0 Å². The van der Waals surface area contributed by atoms with E-state index in [9.17, 15) is 4.79 Å². The highest BCUT2D eigenvalue weighted by Crippen LogP contribution is 1.99. The first-order chi connectivity index (χ1) is 5.04. The van der Waals surface area contributed by atoms with Gasteiger partial charge in [-0.2, -0.15) is 0 Å². The molecule has 3 nitrogen and oxygen atoms in total. The van der Waals surface area contributed by atoms with Crippen molar-refractivity contribution in [1.29, 1.82) is 0 Å². The molecule has 1 atom stereocenters. The SMILES string of the molecule is CC(C)=CCCC(N)C(=O)O. The van der Waals surface area contributed by atoms with Crippen LogP contribution in [0.4, 0.5) is 0 Å². The van der Waals surface area contributed by atoms with Gasteiger partial charge in [0.1, 0.15) is 6.04 Å². The normalized spacial score (nSPS) is 12.3. The largest absolute Gasteiger partial charge is 0.480 e. The average molecular weight is 157 g/mol. The van der Waals surface area contributed by atoms with Crippen LogP contribution in [-0.4, -0.2) is 17.1 Å². The summed E-state index contributed by atoms with van der Waals surface area (Å²) in [6, 6.07) is -0.717. The number of allylic oxidation sites excluding steroid dienone is 2. The van der Waals surface area contributed by atoms with Crippen LogP contribution in [-0.2, 0) is 4.79 Å². The number of hydrogen-bond acceptors (Lipinski definition) is 2. The fraction of sp³-hybridized carbons (Fsp3) is 0.625. The molecule has 11 heavy (non-hydrogen) atoms. The van der Waals surface area contributed by atoms with Crippen molar-refractivity contribution < 1.29 is 9.90 Å². The summed E-state index contributed by atoms with van der Waals surface area (Å²) in [4.78, 5) is 10.2. The number of carboxylic acid groups (broad SMARTS) is 1. The molecule has 0 rings (SSSR count). The summed E-state index contributed by atoms with van der Waals surface area (Å²) < 4.78 is 0. The first kappa shape index (κ1) is 10.2. The summed E-state index contributed by atoms with van der Waals surface area (Å²) >= 11 is 0. The van der Waals surface area contributed by atoms with E-state index in [1.165, 1.54) is 5.57 Å². The zero-order chi connectivity index (χ0) is 8.85. The second-order valence-corrected chi connectivity index (χ2v) is 2.80. The lowest BCUT2D eigenvalue weighted by molar-refractivity contribution is -0.138. The van der Waals surface area contributed by atoms with E-state index in [2.05, 4.69) is 0 Å². The topological polar surface area (TPSA) is 63.3 Å². The number of carboxylic acids is 1. The Bertz CT molecular complexity index is 159. The van der Waals surface area contributed by atoms with Crippen molar-refractivity contribution in [2.45, 2.75) is 32.7 Å². The minimum absolute atomic E-state index is 0.514. The van der Waals surface area contributed by atoms with Crippen molar-refractivity contribution in [3.05, 3.63) is 11.6 Å². The van der Waals surface area contributed by atoms with E-state index in [4.69, 9.17) is 10.8 Å². The highest BCUT2D eigenvalue weighted by atomic mass is 16.4. The van der Waals surface area contributed by atoms with Crippen molar-refractivity contribution in [2.75, 3.05) is 0 Å². The van der Waals surface area contributed by atoms with Gasteiger partial charge in [-0.1, -0.05) is 11.6 Å². The van der Waals surface area contributed by atoms with Gasteiger partial charge in [0.05, 0.1) is 0 Å². The molecule has 0 aromatic heterocycles. The summed E-state index contributed by atoms with van der Waals surface area (Å²) in [5.41, 5.74) is 6.47. The first-order valence-corrected chi connectivity index (χ1v) is 3.65. The Morgan fingerprint density at radius 3 is 2.55 bits per heavy atom. The van der Waals surface area contributed by atoms with Gasteiger partial charge in [-0.25, -0.2) is 0 Å². The van der Waals surface area contributed by atoms with Crippen molar-refractivity contribution >= 4 is 5.97 Å². The number of carbonyl (C=O) groups is 1. The molecule has 0 bridgehead atoms. The van der Waals surface area contributed by atoms with Crippen LogP contribution in [0.25, 0.3) is 0 Å². The van der Waals surface area contributed by atoms with Gasteiger partial charge in [0, 0.05) is 0 Å². The molecular formula is C8H15NO2. The molecule has 0 aliphatic heterocycles. The smallest absolute Gasteiger partial charge is 0.320 e. The molecule has 0 saturated carbocycles. The maximum absolute atomic E-state index is 10.2. The average Bonchev–Trinajstić information content (AvgIpc) is 1.86. The van der Waals surface area contributed by atoms with Crippen LogP contribution in [0.1, 0.15) is 26.7 Å². The molecule has 0 aliphatic carbocycles. The maximum atomic E-state index is 10.2. The highest BCUT2D eigenvalue weighted by molar-refractivity contribution is 5.72. The van der Waals surface area contributed by atoms with Crippen LogP contribution >= 0.6 is 0 Å². The molecule has 1 unspecified atom stereocenters. The molecule has 0 fully saturated rings. The third-order valence-electron chi connectivity index (χ3n) is 1.35. The van der Waals surface area contributed by atoms with Gasteiger partial charge >= 0.3 is 5.97 Å². The number of rotatable bonds is 4. The van der Waals surface area contributed by atoms with Crippen LogP contribution in [0.5, 0.6) is 0 Å². The molecule has 0 aromatic rings. The van der Waals surface area contributed by atoms with Crippen molar-refractivity contribution in [2.24, 2.45) is 5.73 Å². The number of hydrogen-bond donors (Lipinski definition) is 2. The predicted molar refractivity (Wildman–Crippen MR) is 44.3 cm³/mol. The van der Waals surface area contributed by atoms with E-state index in [-0.39, 0.29) is 0 Å². The summed E-state index contributed by atoms with van der Waals surface area (Å²) in [6.45, 7) is 3.96. The van der Waals surface area contributed by atoms with E-state index in [0.717, 1.165) is 6.42 Å². The Hall–Kier alpha value is -0.830. The Morgan fingerprint density at radius 2 is 2.18 bits per heavy atom. The summed E-state index contributed by atoms with van der Waals surface area (Å²) in [6.07, 6.45) is 3.25. The van der Waals surface area contributed by atoms with E-state index in [1.54, 1.807) is 0 Å². The van der Waals surface area contributed by atoms with Gasteiger partial charge in [0.2, 0.25) is 0 Å². The van der Waals surface area contributed by atoms with E-state index < -0.39 is 12.0 Å². The van der Waals surface area contributed by atoms with Gasteiger partial charge in [0.15, 0.2) is 0 Å². The Balaban J connectivity index is 3.55. The maximum Gasteiger partial charge on any atom is 0.320 e. The fourth-order valence-corrected chi connectivity index (χ4v) is 0.675. The van der Waals surface area contributed by atoms with Crippen LogP contribution in [0.3, 0.4) is 0 Å². The lowest BCUT2D eigenvalue weighted by Crippen LogP contribution is -2.29. The predicted octanol–water partition coefficient (Wildman–Crippen LogP) is 1.14. The molecule has 0 aliphatic rings. The quantitative estimate of drug-likeness (QED) is 0.601. The zero-order valence-electron chi connectivity index (χ0n) is 7.00. The molecule has 0 saturated heterocycles. The Labute approximate surface area is 66.9 Å². The van der Waals surface area contributed by atoms with Crippen LogP contribution < -0.4 is 5.73 Å². The van der Waals surface area contributed by atoms with Gasteiger partial charge in [-0.15, -0.1) is 0 Å². The zero-order valence-corrected chi connectivity index (χ0v) is 7.00. The molecule has 0 amide bonds. The van der Waals surface area contributed by atoms with Crippen LogP contribution in [0.15, 0.2) is 11.6 Å². The Morgan fingerprint density at radius 1 is 1.64 bits per heavy atom. The Kier molecular flexibility index (Phi) is 4.54. The van der Waals surface area contributed by atoms with Crippen molar-refractivity contribution in [3.63, 3.8) is 0 Å². The number of aliphatic carboxylic acids is 1. The van der Waals surface area contributed by atoms with E-state index in [1.807, 2.05) is 19.9 Å². The summed E-state index contributed by atoms with van der Waals surface area (Å²) in [7, 11) is 0. The minimum atomic E-state index is -0.924. The minimum Gasteiger partial charge on any atom is -0.480 e. The third-order valence-corrected chi connectivity index (χ3v) is 1.35. The monoisotopic (exact) mass is 157 g/mol. The van der Waals surface area contributed by atoms with E-state index in [0.29, 0.717) is 6.42 Å². The molecular weight excluding hydrogens is 142 g/mol. The second kappa shape index (κ2) is 4.91. The van der Waals surface area contributed by atoms with Gasteiger partial charge < -0.3 is 10.8 Å².